The molecule has 0 amide bonds. The highest BCUT2D eigenvalue weighted by Gasteiger charge is 2.11. The summed E-state index contributed by atoms with van der Waals surface area (Å²) in [6.07, 6.45) is 1.59. The fourth-order valence-electron chi connectivity index (χ4n) is 1.84. The molecule has 3 aromatic rings. The SMILES string of the molecule is CC.Cc1ccc2c(Nc3ccc(Cl)nc3)n[nH]c2c1F. The lowest BCUT2D eigenvalue weighted by molar-refractivity contribution is 0.627. The van der Waals surface area contributed by atoms with Crippen molar-refractivity contribution in [3.8, 4) is 0 Å². The van der Waals surface area contributed by atoms with E-state index in [0.717, 1.165) is 5.69 Å². The van der Waals surface area contributed by atoms with Gasteiger partial charge in [-0.1, -0.05) is 31.5 Å². The standard InChI is InChI=1S/C13H10ClFN4.C2H6/c1-7-2-4-9-12(11(7)15)18-19-13(9)17-8-3-5-10(14)16-6-8;1-2/h2-6H,1H3,(H2,17,18,19);1-2H3. The predicted molar refractivity (Wildman–Crippen MR) is 84.7 cm³/mol. The Labute approximate surface area is 127 Å². The molecule has 2 heterocycles. The third-order valence-corrected chi connectivity index (χ3v) is 3.08. The summed E-state index contributed by atoms with van der Waals surface area (Å²) in [5.74, 6) is 0.269. The molecule has 0 unspecified atom stereocenters. The van der Waals surface area contributed by atoms with Gasteiger partial charge in [-0.15, -0.1) is 0 Å². The number of nitrogens with zero attached hydrogens (tertiary/aromatic N) is 2. The maximum atomic E-state index is 13.9. The lowest BCUT2D eigenvalue weighted by Gasteiger charge is -2.03. The molecule has 4 nitrogen and oxygen atoms in total. The summed E-state index contributed by atoms with van der Waals surface area (Å²) in [6, 6.07) is 6.99. The van der Waals surface area contributed by atoms with Gasteiger partial charge in [-0.05, 0) is 30.7 Å². The molecule has 110 valence electrons. The highest BCUT2D eigenvalue weighted by Crippen LogP contribution is 2.27. The monoisotopic (exact) mass is 306 g/mol. The van der Waals surface area contributed by atoms with Crippen LogP contribution in [0.3, 0.4) is 0 Å². The van der Waals surface area contributed by atoms with Crippen molar-refractivity contribution >= 4 is 34.0 Å². The number of hydrogen-bond donors (Lipinski definition) is 2. The van der Waals surface area contributed by atoms with Crippen molar-refractivity contribution in [1.29, 1.82) is 0 Å². The predicted octanol–water partition coefficient (Wildman–Crippen LogP) is 4.83. The van der Waals surface area contributed by atoms with Crippen molar-refractivity contribution in [3.05, 3.63) is 47.0 Å². The van der Waals surface area contributed by atoms with Crippen molar-refractivity contribution in [2.75, 3.05) is 5.32 Å². The molecule has 1 aromatic carbocycles. The van der Waals surface area contributed by atoms with Gasteiger partial charge in [-0.25, -0.2) is 9.37 Å². The number of rotatable bonds is 2. The molecule has 6 heteroatoms. The number of benzene rings is 1. The normalized spacial score (nSPS) is 10.1. The average Bonchev–Trinajstić information content (AvgIpc) is 2.91. The topological polar surface area (TPSA) is 53.6 Å². The van der Waals surface area contributed by atoms with Crippen molar-refractivity contribution < 1.29 is 4.39 Å². The maximum Gasteiger partial charge on any atom is 0.160 e. The first-order valence-electron chi connectivity index (χ1n) is 6.67. The molecular weight excluding hydrogens is 291 g/mol. The molecule has 21 heavy (non-hydrogen) atoms. The zero-order valence-electron chi connectivity index (χ0n) is 12.0. The summed E-state index contributed by atoms with van der Waals surface area (Å²) in [7, 11) is 0. The largest absolute Gasteiger partial charge is 0.337 e. The lowest BCUT2D eigenvalue weighted by atomic mass is 10.1. The summed E-state index contributed by atoms with van der Waals surface area (Å²) in [5.41, 5.74) is 1.71. The number of halogens is 2. The van der Waals surface area contributed by atoms with Crippen molar-refractivity contribution in [1.82, 2.24) is 15.2 Å². The summed E-state index contributed by atoms with van der Waals surface area (Å²) in [6.45, 7) is 5.71. The van der Waals surface area contributed by atoms with E-state index in [0.29, 0.717) is 27.4 Å². The van der Waals surface area contributed by atoms with Crippen LogP contribution in [0.4, 0.5) is 15.9 Å². The fourth-order valence-corrected chi connectivity index (χ4v) is 1.95. The molecule has 0 saturated carbocycles. The van der Waals surface area contributed by atoms with E-state index >= 15 is 0 Å². The minimum atomic E-state index is -0.285. The number of anilines is 2. The molecule has 0 spiro atoms. The Morgan fingerprint density at radius 2 is 1.95 bits per heavy atom. The van der Waals surface area contributed by atoms with Crippen LogP contribution >= 0.6 is 11.6 Å². The number of aromatic nitrogens is 3. The Kier molecular flexibility index (Phi) is 4.75. The van der Waals surface area contributed by atoms with Crippen LogP contribution in [-0.4, -0.2) is 15.2 Å². The van der Waals surface area contributed by atoms with Crippen LogP contribution in [0.1, 0.15) is 19.4 Å². The second-order valence-electron chi connectivity index (χ2n) is 4.19. The molecule has 0 radical (unpaired) electrons. The van der Waals surface area contributed by atoms with Crippen LogP contribution in [0.15, 0.2) is 30.5 Å². The van der Waals surface area contributed by atoms with Gasteiger partial charge in [0.25, 0.3) is 0 Å². The van der Waals surface area contributed by atoms with E-state index in [-0.39, 0.29) is 5.82 Å². The highest BCUT2D eigenvalue weighted by atomic mass is 35.5. The fraction of sp³-hybridized carbons (Fsp3) is 0.200. The van der Waals surface area contributed by atoms with E-state index in [1.807, 2.05) is 19.9 Å². The summed E-state index contributed by atoms with van der Waals surface area (Å²) in [4.78, 5) is 3.96. The number of hydrogen-bond acceptors (Lipinski definition) is 3. The number of pyridine rings is 1. The number of aromatic amines is 1. The van der Waals surface area contributed by atoms with Crippen molar-refractivity contribution in [3.63, 3.8) is 0 Å². The van der Waals surface area contributed by atoms with E-state index in [1.54, 1.807) is 31.3 Å². The molecule has 0 aliphatic rings. The van der Waals surface area contributed by atoms with Gasteiger partial charge in [-0.3, -0.25) is 5.10 Å². The van der Waals surface area contributed by atoms with E-state index in [2.05, 4.69) is 20.5 Å². The van der Waals surface area contributed by atoms with Crippen molar-refractivity contribution in [2.24, 2.45) is 0 Å². The average molecular weight is 307 g/mol. The molecule has 0 atom stereocenters. The van der Waals surface area contributed by atoms with Crippen LogP contribution in [0.25, 0.3) is 10.9 Å². The molecule has 3 rings (SSSR count). The Bertz CT molecular complexity index is 737. The molecule has 0 aliphatic heterocycles. The van der Waals surface area contributed by atoms with E-state index in [4.69, 9.17) is 11.6 Å². The van der Waals surface area contributed by atoms with Gasteiger partial charge in [0.15, 0.2) is 11.6 Å². The van der Waals surface area contributed by atoms with Crippen LogP contribution in [0, 0.1) is 12.7 Å². The second kappa shape index (κ2) is 6.54. The second-order valence-corrected chi connectivity index (χ2v) is 4.57. The summed E-state index contributed by atoms with van der Waals surface area (Å²) >= 11 is 5.72. The number of fused-ring (bicyclic) bond motifs is 1. The smallest absolute Gasteiger partial charge is 0.160 e. The molecule has 2 N–H and O–H groups in total. The van der Waals surface area contributed by atoms with Crippen LogP contribution in [-0.2, 0) is 0 Å². The van der Waals surface area contributed by atoms with Crippen LogP contribution in [0.5, 0.6) is 0 Å². The first-order chi connectivity index (χ1) is 10.1. The van der Waals surface area contributed by atoms with Gasteiger partial charge in [0, 0.05) is 5.39 Å². The number of H-pyrrole nitrogens is 1. The van der Waals surface area contributed by atoms with Gasteiger partial charge in [-0.2, -0.15) is 5.10 Å². The van der Waals surface area contributed by atoms with Crippen LogP contribution in [0.2, 0.25) is 5.15 Å². The van der Waals surface area contributed by atoms with E-state index in [1.165, 1.54) is 0 Å². The summed E-state index contributed by atoms with van der Waals surface area (Å²) < 4.78 is 13.9. The first kappa shape index (κ1) is 15.3. The number of nitrogens with one attached hydrogen (secondary N) is 2. The minimum Gasteiger partial charge on any atom is -0.337 e. The van der Waals surface area contributed by atoms with Gasteiger partial charge in [0.1, 0.15) is 10.7 Å². The molecular formula is C15H16ClFN4. The summed E-state index contributed by atoms with van der Waals surface area (Å²) in [5, 5.41) is 11.0. The van der Waals surface area contributed by atoms with Crippen molar-refractivity contribution in [2.45, 2.75) is 20.8 Å². The first-order valence-corrected chi connectivity index (χ1v) is 7.04. The zero-order valence-corrected chi connectivity index (χ0v) is 12.8. The Morgan fingerprint density at radius 3 is 2.62 bits per heavy atom. The van der Waals surface area contributed by atoms with E-state index in [9.17, 15) is 4.39 Å². The molecule has 0 aliphatic carbocycles. The van der Waals surface area contributed by atoms with Gasteiger partial charge in [0.05, 0.1) is 11.9 Å². The quantitative estimate of drug-likeness (QED) is 0.667. The van der Waals surface area contributed by atoms with Gasteiger partial charge >= 0.3 is 0 Å². The van der Waals surface area contributed by atoms with Gasteiger partial charge in [0.2, 0.25) is 0 Å². The molecule has 0 bridgehead atoms. The number of aryl methyl sites for hydroxylation is 1. The third-order valence-electron chi connectivity index (χ3n) is 2.86. The zero-order chi connectivity index (χ0) is 15.4. The minimum absolute atomic E-state index is 0.285. The lowest BCUT2D eigenvalue weighted by Crippen LogP contribution is -1.92. The Morgan fingerprint density at radius 1 is 1.19 bits per heavy atom. The molecule has 0 fully saturated rings. The van der Waals surface area contributed by atoms with Crippen LogP contribution < -0.4 is 5.32 Å². The highest BCUT2D eigenvalue weighted by molar-refractivity contribution is 6.29. The van der Waals surface area contributed by atoms with Gasteiger partial charge < -0.3 is 5.32 Å². The molecule has 0 saturated heterocycles. The Hall–Kier alpha value is -2.14. The maximum absolute atomic E-state index is 13.9. The third kappa shape index (κ3) is 3.13. The molecule has 2 aromatic heterocycles. The van der Waals surface area contributed by atoms with E-state index < -0.39 is 0 Å². The Balaban J connectivity index is 0.000000774.